The Balaban J connectivity index is 1.89. The molecule has 2 aromatic heterocycles. The topological polar surface area (TPSA) is 27.1 Å². The lowest BCUT2D eigenvalue weighted by atomic mass is 10.1. The highest BCUT2D eigenvalue weighted by atomic mass is 32.1. The molecule has 0 saturated heterocycles. The van der Waals surface area contributed by atoms with Gasteiger partial charge in [-0.1, -0.05) is 23.8 Å². The molecular weight excluding hydrogens is 304 g/mol. The zero-order valence-corrected chi connectivity index (χ0v) is 14.3. The van der Waals surface area contributed by atoms with Gasteiger partial charge in [0.2, 0.25) is 0 Å². The van der Waals surface area contributed by atoms with Gasteiger partial charge in [0.25, 0.3) is 0 Å². The van der Waals surface area contributed by atoms with Gasteiger partial charge in [0.05, 0.1) is 17.6 Å². The van der Waals surface area contributed by atoms with Crippen LogP contribution >= 0.6 is 11.3 Å². The van der Waals surface area contributed by atoms with Crippen molar-refractivity contribution in [3.05, 3.63) is 58.6 Å². The summed E-state index contributed by atoms with van der Waals surface area (Å²) in [5.74, 6) is 0.889. The fourth-order valence-corrected chi connectivity index (χ4v) is 3.97. The highest BCUT2D eigenvalue weighted by Gasteiger charge is 2.15. The summed E-state index contributed by atoms with van der Waals surface area (Å²) in [4.78, 5) is 6.00. The van der Waals surface area contributed by atoms with Gasteiger partial charge >= 0.3 is 0 Å². The number of fused-ring (bicyclic) bond motifs is 3. The Bertz CT molecular complexity index is 996. The van der Waals surface area contributed by atoms with Gasteiger partial charge in [-0.15, -0.1) is 11.3 Å². The van der Waals surface area contributed by atoms with Crippen LogP contribution in [0, 0.1) is 13.8 Å². The minimum Gasteiger partial charge on any atom is -0.497 e. The zero-order valence-electron chi connectivity index (χ0n) is 13.5. The Kier molecular flexibility index (Phi) is 3.34. The molecule has 4 heteroatoms. The van der Waals surface area contributed by atoms with Crippen molar-refractivity contribution in [1.29, 1.82) is 0 Å². The van der Waals surface area contributed by atoms with Gasteiger partial charge in [-0.3, -0.25) is 0 Å². The van der Waals surface area contributed by atoms with Crippen molar-refractivity contribution in [1.82, 2.24) is 9.55 Å². The summed E-state index contributed by atoms with van der Waals surface area (Å²) in [5.41, 5.74) is 4.91. The molecule has 23 heavy (non-hydrogen) atoms. The first kappa shape index (κ1) is 14.3. The Morgan fingerprint density at radius 3 is 2.61 bits per heavy atom. The van der Waals surface area contributed by atoms with E-state index in [1.165, 1.54) is 26.9 Å². The van der Waals surface area contributed by atoms with Gasteiger partial charge < -0.3 is 9.30 Å². The second-order valence-corrected chi connectivity index (χ2v) is 7.02. The molecule has 0 radical (unpaired) electrons. The highest BCUT2D eigenvalue weighted by Crippen LogP contribution is 2.33. The molecule has 0 amide bonds. The van der Waals surface area contributed by atoms with Crippen LogP contribution in [0.3, 0.4) is 0 Å². The average Bonchev–Trinajstić information content (AvgIpc) is 3.05. The molecule has 0 N–H and O–H groups in total. The summed E-state index contributed by atoms with van der Waals surface area (Å²) < 4.78 is 7.62. The summed E-state index contributed by atoms with van der Waals surface area (Å²) in [5, 5.41) is 2.36. The van der Waals surface area contributed by atoms with E-state index in [2.05, 4.69) is 48.7 Å². The lowest BCUT2D eigenvalue weighted by molar-refractivity contribution is 0.414. The average molecular weight is 322 g/mol. The first-order valence-electron chi connectivity index (χ1n) is 7.64. The SMILES string of the molecule is COc1ccc(Cn2c3ccc(C)cc3c3nc(C)sc32)cc1. The quantitative estimate of drug-likeness (QED) is 0.535. The van der Waals surface area contributed by atoms with Crippen molar-refractivity contribution >= 4 is 32.6 Å². The normalized spacial score (nSPS) is 11.4. The molecule has 0 saturated carbocycles. The minimum atomic E-state index is 0.842. The van der Waals surface area contributed by atoms with E-state index in [1.807, 2.05) is 12.1 Å². The van der Waals surface area contributed by atoms with Crippen molar-refractivity contribution in [2.45, 2.75) is 20.4 Å². The predicted octanol–water partition coefficient (Wildman–Crippen LogP) is 4.92. The maximum atomic E-state index is 5.25. The van der Waals surface area contributed by atoms with E-state index in [9.17, 15) is 0 Å². The number of aryl methyl sites for hydroxylation is 2. The molecule has 0 unspecified atom stereocenters. The fourth-order valence-electron chi connectivity index (χ4n) is 3.03. The number of rotatable bonds is 3. The van der Waals surface area contributed by atoms with E-state index in [4.69, 9.17) is 9.72 Å². The summed E-state index contributed by atoms with van der Waals surface area (Å²) in [6, 6.07) is 14.9. The van der Waals surface area contributed by atoms with E-state index in [-0.39, 0.29) is 0 Å². The molecule has 0 fully saturated rings. The van der Waals surface area contributed by atoms with Crippen LogP contribution in [0.15, 0.2) is 42.5 Å². The van der Waals surface area contributed by atoms with Gasteiger partial charge in [0.15, 0.2) is 0 Å². The Labute approximate surface area is 139 Å². The number of nitrogens with zero attached hydrogens (tertiary/aromatic N) is 2. The Morgan fingerprint density at radius 1 is 1.09 bits per heavy atom. The van der Waals surface area contributed by atoms with Crippen LogP contribution in [-0.4, -0.2) is 16.7 Å². The third kappa shape index (κ3) is 2.39. The third-order valence-electron chi connectivity index (χ3n) is 4.16. The van der Waals surface area contributed by atoms with E-state index in [0.29, 0.717) is 0 Å². The number of thiazole rings is 1. The molecular formula is C19H18N2OS. The van der Waals surface area contributed by atoms with Crippen LogP contribution in [0.2, 0.25) is 0 Å². The predicted molar refractivity (Wildman–Crippen MR) is 96.7 cm³/mol. The summed E-state index contributed by atoms with van der Waals surface area (Å²) >= 11 is 1.76. The van der Waals surface area contributed by atoms with Crippen LogP contribution in [0.4, 0.5) is 0 Å². The molecule has 0 bridgehead atoms. The van der Waals surface area contributed by atoms with Crippen molar-refractivity contribution in [3.63, 3.8) is 0 Å². The number of ether oxygens (including phenoxy) is 1. The summed E-state index contributed by atoms with van der Waals surface area (Å²) in [7, 11) is 1.69. The van der Waals surface area contributed by atoms with Crippen LogP contribution < -0.4 is 4.74 Å². The lowest BCUT2D eigenvalue weighted by Gasteiger charge is -2.08. The van der Waals surface area contributed by atoms with Crippen LogP contribution in [0.5, 0.6) is 5.75 Å². The van der Waals surface area contributed by atoms with Crippen molar-refractivity contribution in [2.24, 2.45) is 0 Å². The van der Waals surface area contributed by atoms with Crippen molar-refractivity contribution in [3.8, 4) is 5.75 Å². The lowest BCUT2D eigenvalue weighted by Crippen LogP contribution is -1.98. The van der Waals surface area contributed by atoms with E-state index >= 15 is 0 Å². The molecule has 0 aliphatic rings. The monoisotopic (exact) mass is 322 g/mol. The molecule has 3 nitrogen and oxygen atoms in total. The van der Waals surface area contributed by atoms with E-state index < -0.39 is 0 Å². The smallest absolute Gasteiger partial charge is 0.124 e. The summed E-state index contributed by atoms with van der Waals surface area (Å²) in [6.45, 7) is 5.05. The number of hydrogen-bond acceptors (Lipinski definition) is 3. The zero-order chi connectivity index (χ0) is 16.0. The van der Waals surface area contributed by atoms with Gasteiger partial charge in [-0.2, -0.15) is 0 Å². The highest BCUT2D eigenvalue weighted by molar-refractivity contribution is 7.18. The molecule has 0 aliphatic carbocycles. The largest absolute Gasteiger partial charge is 0.497 e. The molecule has 4 rings (SSSR count). The van der Waals surface area contributed by atoms with Crippen LogP contribution in [0.25, 0.3) is 21.3 Å². The molecule has 0 aliphatic heterocycles. The van der Waals surface area contributed by atoms with E-state index in [0.717, 1.165) is 22.8 Å². The van der Waals surface area contributed by atoms with E-state index in [1.54, 1.807) is 18.4 Å². The summed E-state index contributed by atoms with van der Waals surface area (Å²) in [6.07, 6.45) is 0. The fraction of sp³-hybridized carbons (Fsp3) is 0.211. The molecule has 4 aromatic rings. The number of aromatic nitrogens is 2. The number of benzene rings is 2. The second kappa shape index (κ2) is 5.39. The molecule has 2 heterocycles. The number of hydrogen-bond donors (Lipinski definition) is 0. The molecule has 0 spiro atoms. The molecule has 2 aromatic carbocycles. The Morgan fingerprint density at radius 2 is 1.87 bits per heavy atom. The molecule has 116 valence electrons. The number of methoxy groups -OCH3 is 1. The first-order valence-corrected chi connectivity index (χ1v) is 8.46. The van der Waals surface area contributed by atoms with Gasteiger partial charge in [-0.05, 0) is 43.7 Å². The van der Waals surface area contributed by atoms with Crippen LogP contribution in [0.1, 0.15) is 16.1 Å². The third-order valence-corrected chi connectivity index (χ3v) is 5.15. The second-order valence-electron chi connectivity index (χ2n) is 5.84. The first-order chi connectivity index (χ1) is 11.2. The van der Waals surface area contributed by atoms with Gasteiger partial charge in [0, 0.05) is 11.9 Å². The molecule has 0 atom stereocenters. The van der Waals surface area contributed by atoms with Crippen LogP contribution in [-0.2, 0) is 6.54 Å². The standard InChI is InChI=1S/C19H18N2OS/c1-12-4-9-17-16(10-12)18-19(23-13(2)20-18)21(17)11-14-5-7-15(22-3)8-6-14/h4-10H,11H2,1-3H3. The van der Waals surface area contributed by atoms with Gasteiger partial charge in [0.1, 0.15) is 16.1 Å². The van der Waals surface area contributed by atoms with Crippen molar-refractivity contribution in [2.75, 3.05) is 7.11 Å². The minimum absolute atomic E-state index is 0.842. The van der Waals surface area contributed by atoms with Gasteiger partial charge in [-0.25, -0.2) is 4.98 Å². The Hall–Kier alpha value is -2.33. The maximum Gasteiger partial charge on any atom is 0.124 e. The van der Waals surface area contributed by atoms with Crippen molar-refractivity contribution < 1.29 is 4.74 Å². The maximum absolute atomic E-state index is 5.25.